The summed E-state index contributed by atoms with van der Waals surface area (Å²) in [7, 11) is 1.60. The summed E-state index contributed by atoms with van der Waals surface area (Å²) in [5.74, 6) is 1.33. The highest BCUT2D eigenvalue weighted by Gasteiger charge is 2.16. The normalized spacial score (nSPS) is 12.1. The van der Waals surface area contributed by atoms with E-state index in [2.05, 4.69) is 5.32 Å². The Labute approximate surface area is 120 Å². The van der Waals surface area contributed by atoms with E-state index in [4.69, 9.17) is 15.2 Å². The Morgan fingerprint density at radius 3 is 2.60 bits per heavy atom. The summed E-state index contributed by atoms with van der Waals surface area (Å²) >= 11 is 0. The molecule has 0 saturated heterocycles. The average molecular weight is 280 g/mol. The molecule has 112 valence electrons. The van der Waals surface area contributed by atoms with Crippen molar-refractivity contribution >= 4 is 5.91 Å². The molecule has 5 nitrogen and oxygen atoms in total. The van der Waals surface area contributed by atoms with E-state index in [0.29, 0.717) is 24.7 Å². The van der Waals surface area contributed by atoms with Crippen LogP contribution in [-0.4, -0.2) is 25.7 Å². The molecule has 5 heteroatoms. The summed E-state index contributed by atoms with van der Waals surface area (Å²) in [4.78, 5) is 11.8. The van der Waals surface area contributed by atoms with Crippen LogP contribution in [0.25, 0.3) is 0 Å². The first kappa shape index (κ1) is 16.3. The van der Waals surface area contributed by atoms with Crippen LogP contribution in [0.3, 0.4) is 0 Å². The molecule has 1 rings (SSSR count). The number of amides is 1. The molecular weight excluding hydrogens is 256 g/mol. The number of hydrogen-bond acceptors (Lipinski definition) is 4. The molecule has 0 saturated carbocycles. The monoisotopic (exact) mass is 280 g/mol. The molecule has 0 bridgehead atoms. The maximum Gasteiger partial charge on any atom is 0.237 e. The standard InChI is InChI=1S/C15H24N2O3/c1-5-20-13-8-11(6-7-12(13)19-4)9-17-15(18)14(16)10(2)3/h6-8,10,14H,5,9,16H2,1-4H3,(H,17,18)/t14-/m0/s1. The molecule has 1 aromatic rings. The fraction of sp³-hybridized carbons (Fsp3) is 0.533. The van der Waals surface area contributed by atoms with E-state index < -0.39 is 6.04 Å². The molecule has 3 N–H and O–H groups in total. The van der Waals surface area contributed by atoms with Crippen molar-refractivity contribution in [2.45, 2.75) is 33.4 Å². The van der Waals surface area contributed by atoms with Gasteiger partial charge in [-0.05, 0) is 30.5 Å². The third-order valence-electron chi connectivity index (χ3n) is 3.02. The van der Waals surface area contributed by atoms with Gasteiger partial charge in [-0.2, -0.15) is 0 Å². The maximum atomic E-state index is 11.8. The highest BCUT2D eigenvalue weighted by atomic mass is 16.5. The van der Waals surface area contributed by atoms with Crippen LogP contribution in [0.15, 0.2) is 18.2 Å². The molecule has 0 aliphatic carbocycles. The van der Waals surface area contributed by atoms with E-state index in [1.807, 2.05) is 39.0 Å². The Balaban J connectivity index is 2.69. The molecule has 0 radical (unpaired) electrons. The van der Waals surface area contributed by atoms with Gasteiger partial charge in [-0.25, -0.2) is 0 Å². The van der Waals surface area contributed by atoms with Gasteiger partial charge in [0.2, 0.25) is 5.91 Å². The molecule has 1 atom stereocenters. The Bertz CT molecular complexity index is 447. The lowest BCUT2D eigenvalue weighted by molar-refractivity contribution is -0.123. The second-order valence-electron chi connectivity index (χ2n) is 4.91. The predicted octanol–water partition coefficient (Wildman–Crippen LogP) is 1.69. The quantitative estimate of drug-likeness (QED) is 0.797. The van der Waals surface area contributed by atoms with Gasteiger partial charge in [0.05, 0.1) is 19.8 Å². The molecule has 0 aliphatic heterocycles. The number of carbonyl (C=O) groups excluding carboxylic acids is 1. The van der Waals surface area contributed by atoms with Crippen molar-refractivity contribution in [2.24, 2.45) is 11.7 Å². The maximum absolute atomic E-state index is 11.8. The Hall–Kier alpha value is -1.75. The van der Waals surface area contributed by atoms with Crippen molar-refractivity contribution in [1.82, 2.24) is 5.32 Å². The van der Waals surface area contributed by atoms with E-state index in [1.54, 1.807) is 7.11 Å². The lowest BCUT2D eigenvalue weighted by Gasteiger charge is -2.16. The van der Waals surface area contributed by atoms with Gasteiger partial charge in [0, 0.05) is 6.54 Å². The molecule has 0 aliphatic rings. The van der Waals surface area contributed by atoms with Gasteiger partial charge in [0.15, 0.2) is 11.5 Å². The third kappa shape index (κ3) is 4.42. The summed E-state index contributed by atoms with van der Waals surface area (Å²) < 4.78 is 10.7. The minimum absolute atomic E-state index is 0.116. The molecule has 0 aromatic heterocycles. The second-order valence-corrected chi connectivity index (χ2v) is 4.91. The van der Waals surface area contributed by atoms with Gasteiger partial charge in [0.1, 0.15) is 0 Å². The Kier molecular flexibility index (Phi) is 6.31. The SMILES string of the molecule is CCOc1cc(CNC(=O)[C@@H](N)C(C)C)ccc1OC. The zero-order chi connectivity index (χ0) is 15.1. The van der Waals surface area contributed by atoms with Gasteiger partial charge in [-0.15, -0.1) is 0 Å². The average Bonchev–Trinajstić information content (AvgIpc) is 2.44. The number of carbonyl (C=O) groups is 1. The molecule has 0 spiro atoms. The van der Waals surface area contributed by atoms with Crippen LogP contribution in [0.5, 0.6) is 11.5 Å². The second kappa shape index (κ2) is 7.75. The van der Waals surface area contributed by atoms with E-state index in [9.17, 15) is 4.79 Å². The first-order chi connectivity index (χ1) is 9.49. The molecule has 20 heavy (non-hydrogen) atoms. The van der Waals surface area contributed by atoms with Crippen LogP contribution in [-0.2, 0) is 11.3 Å². The van der Waals surface area contributed by atoms with Gasteiger partial charge in [0.25, 0.3) is 0 Å². The summed E-state index contributed by atoms with van der Waals surface area (Å²) in [6, 6.07) is 5.10. The van der Waals surface area contributed by atoms with E-state index in [0.717, 1.165) is 5.56 Å². The lowest BCUT2D eigenvalue weighted by Crippen LogP contribution is -2.43. The summed E-state index contributed by atoms with van der Waals surface area (Å²) in [6.45, 7) is 6.74. The highest BCUT2D eigenvalue weighted by Crippen LogP contribution is 2.27. The fourth-order valence-electron chi connectivity index (χ4n) is 1.71. The van der Waals surface area contributed by atoms with Crippen LogP contribution in [0.1, 0.15) is 26.3 Å². The Morgan fingerprint density at radius 1 is 1.35 bits per heavy atom. The highest BCUT2D eigenvalue weighted by molar-refractivity contribution is 5.81. The lowest BCUT2D eigenvalue weighted by atomic mass is 10.0. The zero-order valence-corrected chi connectivity index (χ0v) is 12.6. The number of ether oxygens (including phenoxy) is 2. The van der Waals surface area contributed by atoms with Crippen molar-refractivity contribution in [2.75, 3.05) is 13.7 Å². The largest absolute Gasteiger partial charge is 0.493 e. The van der Waals surface area contributed by atoms with Crippen molar-refractivity contribution in [1.29, 1.82) is 0 Å². The van der Waals surface area contributed by atoms with Crippen molar-refractivity contribution in [3.8, 4) is 11.5 Å². The number of nitrogens with one attached hydrogen (secondary N) is 1. The van der Waals surface area contributed by atoms with E-state index in [-0.39, 0.29) is 11.8 Å². The fourth-order valence-corrected chi connectivity index (χ4v) is 1.71. The summed E-state index contributed by atoms with van der Waals surface area (Å²) in [6.07, 6.45) is 0. The first-order valence-corrected chi connectivity index (χ1v) is 6.82. The zero-order valence-electron chi connectivity index (χ0n) is 12.6. The first-order valence-electron chi connectivity index (χ1n) is 6.82. The van der Waals surface area contributed by atoms with Crippen LogP contribution in [0.2, 0.25) is 0 Å². The van der Waals surface area contributed by atoms with Crippen LogP contribution in [0.4, 0.5) is 0 Å². The predicted molar refractivity (Wildman–Crippen MR) is 78.8 cm³/mol. The van der Waals surface area contributed by atoms with Crippen LogP contribution < -0.4 is 20.5 Å². The number of methoxy groups -OCH3 is 1. The van der Waals surface area contributed by atoms with Gasteiger partial charge in [-0.3, -0.25) is 4.79 Å². The molecule has 1 aromatic carbocycles. The van der Waals surface area contributed by atoms with E-state index >= 15 is 0 Å². The number of hydrogen-bond donors (Lipinski definition) is 2. The number of rotatable bonds is 7. The molecule has 0 heterocycles. The molecular formula is C15H24N2O3. The summed E-state index contributed by atoms with van der Waals surface area (Å²) in [5, 5.41) is 2.83. The minimum Gasteiger partial charge on any atom is -0.493 e. The number of nitrogens with two attached hydrogens (primary N) is 1. The molecule has 0 unspecified atom stereocenters. The van der Waals surface area contributed by atoms with Gasteiger partial charge >= 0.3 is 0 Å². The smallest absolute Gasteiger partial charge is 0.237 e. The topological polar surface area (TPSA) is 73.6 Å². The van der Waals surface area contributed by atoms with Crippen LogP contribution in [0, 0.1) is 5.92 Å². The van der Waals surface area contributed by atoms with Gasteiger partial charge in [-0.1, -0.05) is 19.9 Å². The Morgan fingerprint density at radius 2 is 2.05 bits per heavy atom. The van der Waals surface area contributed by atoms with Crippen molar-refractivity contribution in [3.05, 3.63) is 23.8 Å². The van der Waals surface area contributed by atoms with Gasteiger partial charge < -0.3 is 20.5 Å². The summed E-state index contributed by atoms with van der Waals surface area (Å²) in [5.41, 5.74) is 6.73. The molecule has 1 amide bonds. The molecule has 0 fully saturated rings. The number of benzene rings is 1. The van der Waals surface area contributed by atoms with Crippen molar-refractivity contribution in [3.63, 3.8) is 0 Å². The van der Waals surface area contributed by atoms with Crippen LogP contribution >= 0.6 is 0 Å². The minimum atomic E-state index is -0.486. The van der Waals surface area contributed by atoms with Crippen molar-refractivity contribution < 1.29 is 14.3 Å². The third-order valence-corrected chi connectivity index (χ3v) is 3.02. The van der Waals surface area contributed by atoms with E-state index in [1.165, 1.54) is 0 Å².